The van der Waals surface area contributed by atoms with Crippen LogP contribution in [0.3, 0.4) is 0 Å². The number of carbonyl (C=O) groups is 1. The van der Waals surface area contributed by atoms with Crippen molar-refractivity contribution in [2.45, 2.75) is 39.3 Å². The van der Waals surface area contributed by atoms with Gasteiger partial charge in [-0.15, -0.1) is 0 Å². The third-order valence-corrected chi connectivity index (χ3v) is 3.37. The van der Waals surface area contributed by atoms with E-state index >= 15 is 0 Å². The molecule has 0 spiro atoms. The number of nitrogens with one attached hydrogen (secondary N) is 1. The molecule has 20 heavy (non-hydrogen) atoms. The van der Waals surface area contributed by atoms with E-state index in [-0.39, 0.29) is 11.9 Å². The van der Waals surface area contributed by atoms with Gasteiger partial charge in [-0.3, -0.25) is 9.69 Å². The van der Waals surface area contributed by atoms with Crippen LogP contribution in [-0.4, -0.2) is 41.1 Å². The van der Waals surface area contributed by atoms with Crippen LogP contribution in [0.4, 0.5) is 5.69 Å². The van der Waals surface area contributed by atoms with Crippen LogP contribution in [0.2, 0.25) is 5.02 Å². The Morgan fingerprint density at radius 2 is 2.10 bits per heavy atom. The Labute approximate surface area is 125 Å². The van der Waals surface area contributed by atoms with Gasteiger partial charge in [0, 0.05) is 17.3 Å². The van der Waals surface area contributed by atoms with Crippen molar-refractivity contribution < 1.29 is 9.90 Å². The summed E-state index contributed by atoms with van der Waals surface area (Å²) in [5, 5.41) is 13.3. The molecule has 0 aliphatic heterocycles. The van der Waals surface area contributed by atoms with Crippen molar-refractivity contribution in [2.24, 2.45) is 0 Å². The van der Waals surface area contributed by atoms with E-state index in [2.05, 4.69) is 5.32 Å². The molecular weight excluding hydrogens is 276 g/mol. The summed E-state index contributed by atoms with van der Waals surface area (Å²) in [5.74, 6) is -0.123. The lowest BCUT2D eigenvalue weighted by Crippen LogP contribution is -2.46. The monoisotopic (exact) mass is 298 g/mol. The fourth-order valence-electron chi connectivity index (χ4n) is 1.91. The lowest BCUT2D eigenvalue weighted by atomic mass is 10.1. The maximum atomic E-state index is 12.2. The number of hydrogen-bond donors (Lipinski definition) is 2. The number of halogens is 1. The van der Waals surface area contributed by atoms with E-state index in [9.17, 15) is 9.90 Å². The summed E-state index contributed by atoms with van der Waals surface area (Å²) in [7, 11) is 1.81. The van der Waals surface area contributed by atoms with Crippen molar-refractivity contribution in [2.75, 3.05) is 18.9 Å². The maximum absolute atomic E-state index is 12.2. The molecule has 1 aromatic rings. The van der Waals surface area contributed by atoms with Gasteiger partial charge in [0.15, 0.2) is 0 Å². The molecule has 0 saturated carbocycles. The van der Waals surface area contributed by atoms with Crippen molar-refractivity contribution in [3.63, 3.8) is 0 Å². The summed E-state index contributed by atoms with van der Waals surface area (Å²) in [5.41, 5.74) is 0.834. The van der Waals surface area contributed by atoms with Crippen LogP contribution in [0.15, 0.2) is 18.2 Å². The van der Waals surface area contributed by atoms with Crippen LogP contribution < -0.4 is 5.32 Å². The summed E-state index contributed by atoms with van der Waals surface area (Å²) in [6.45, 7) is 7.57. The van der Waals surface area contributed by atoms with Crippen LogP contribution in [-0.2, 0) is 4.79 Å². The lowest BCUT2D eigenvalue weighted by molar-refractivity contribution is -0.121. The Balaban J connectivity index is 2.73. The summed E-state index contributed by atoms with van der Waals surface area (Å²) in [6.07, 6.45) is 0. The SMILES string of the molecule is Cc1ccc(Cl)cc1NC(=O)C(C)N(C)CC(C)(C)O. The van der Waals surface area contributed by atoms with Gasteiger partial charge < -0.3 is 10.4 Å². The average Bonchev–Trinajstić information content (AvgIpc) is 2.30. The Hall–Kier alpha value is -1.10. The number of aliphatic hydroxyl groups is 1. The molecule has 112 valence electrons. The Morgan fingerprint density at radius 1 is 1.50 bits per heavy atom. The van der Waals surface area contributed by atoms with E-state index in [0.717, 1.165) is 5.56 Å². The predicted octanol–water partition coefficient (Wildman–Crippen LogP) is 2.68. The second-order valence-corrected chi connectivity index (χ2v) is 6.29. The smallest absolute Gasteiger partial charge is 0.241 e. The molecule has 2 N–H and O–H groups in total. The van der Waals surface area contributed by atoms with Crippen LogP contribution in [0.25, 0.3) is 0 Å². The topological polar surface area (TPSA) is 52.6 Å². The van der Waals surface area contributed by atoms with E-state index in [1.807, 2.05) is 24.9 Å². The van der Waals surface area contributed by atoms with Crippen LogP contribution >= 0.6 is 11.6 Å². The van der Waals surface area contributed by atoms with Gasteiger partial charge in [0.2, 0.25) is 5.91 Å². The molecule has 1 atom stereocenters. The van der Waals surface area contributed by atoms with Gasteiger partial charge in [-0.05, 0) is 52.4 Å². The second-order valence-electron chi connectivity index (χ2n) is 5.85. The molecule has 0 heterocycles. The lowest BCUT2D eigenvalue weighted by Gasteiger charge is -2.29. The molecule has 1 amide bonds. The van der Waals surface area contributed by atoms with Gasteiger partial charge in [-0.1, -0.05) is 17.7 Å². The highest BCUT2D eigenvalue weighted by molar-refractivity contribution is 6.31. The molecule has 0 aromatic heterocycles. The largest absolute Gasteiger partial charge is 0.389 e. The first kappa shape index (κ1) is 17.0. The Morgan fingerprint density at radius 3 is 2.65 bits per heavy atom. The second kappa shape index (κ2) is 6.57. The standard InChI is InChI=1S/C15H23ClN2O2/c1-10-6-7-12(16)8-13(10)17-14(19)11(2)18(5)9-15(3,4)20/h6-8,11,20H,9H2,1-5H3,(H,17,19). The van der Waals surface area contributed by atoms with Crippen molar-refractivity contribution >= 4 is 23.2 Å². The fraction of sp³-hybridized carbons (Fsp3) is 0.533. The molecule has 0 bridgehead atoms. The number of carbonyl (C=O) groups excluding carboxylic acids is 1. The predicted molar refractivity (Wildman–Crippen MR) is 83.2 cm³/mol. The highest BCUT2D eigenvalue weighted by Gasteiger charge is 2.24. The van der Waals surface area contributed by atoms with Crippen molar-refractivity contribution in [1.82, 2.24) is 4.90 Å². The Bertz CT molecular complexity index is 483. The van der Waals surface area contributed by atoms with Gasteiger partial charge in [-0.25, -0.2) is 0 Å². The molecule has 5 heteroatoms. The van der Waals surface area contributed by atoms with E-state index in [4.69, 9.17) is 11.6 Å². The minimum atomic E-state index is -0.838. The summed E-state index contributed by atoms with van der Waals surface area (Å²) < 4.78 is 0. The number of likely N-dealkylation sites (N-methyl/N-ethyl adjacent to an activating group) is 1. The summed E-state index contributed by atoms with van der Waals surface area (Å²) in [4.78, 5) is 14.0. The normalized spacial score (nSPS) is 13.4. The molecule has 0 fully saturated rings. The number of nitrogens with zero attached hydrogens (tertiary/aromatic N) is 1. The molecule has 1 unspecified atom stereocenters. The van der Waals surface area contributed by atoms with Crippen molar-refractivity contribution in [1.29, 1.82) is 0 Å². The number of aryl methyl sites for hydroxylation is 1. The zero-order valence-electron chi connectivity index (χ0n) is 12.7. The number of amides is 1. The number of anilines is 1. The Kier molecular flexibility index (Phi) is 5.57. The minimum absolute atomic E-state index is 0.123. The van der Waals surface area contributed by atoms with Crippen molar-refractivity contribution in [3.05, 3.63) is 28.8 Å². The molecular formula is C15H23ClN2O2. The minimum Gasteiger partial charge on any atom is -0.389 e. The van der Waals surface area contributed by atoms with Gasteiger partial charge in [0.05, 0.1) is 11.6 Å². The average molecular weight is 299 g/mol. The number of hydrogen-bond acceptors (Lipinski definition) is 3. The first-order valence-electron chi connectivity index (χ1n) is 6.60. The molecule has 0 saturated heterocycles. The van der Waals surface area contributed by atoms with Gasteiger partial charge in [-0.2, -0.15) is 0 Å². The van der Waals surface area contributed by atoms with Gasteiger partial charge in [0.1, 0.15) is 0 Å². The molecule has 0 radical (unpaired) electrons. The highest BCUT2D eigenvalue weighted by atomic mass is 35.5. The molecule has 0 aliphatic rings. The zero-order chi connectivity index (χ0) is 15.5. The van der Waals surface area contributed by atoms with E-state index in [1.165, 1.54) is 0 Å². The van der Waals surface area contributed by atoms with Crippen LogP contribution in [0, 0.1) is 6.92 Å². The van der Waals surface area contributed by atoms with Gasteiger partial charge >= 0.3 is 0 Å². The summed E-state index contributed by atoms with van der Waals surface area (Å²) >= 11 is 5.93. The molecule has 0 aliphatic carbocycles. The first-order chi connectivity index (χ1) is 9.10. The van der Waals surface area contributed by atoms with E-state index in [1.54, 1.807) is 32.9 Å². The third-order valence-electron chi connectivity index (χ3n) is 3.13. The molecule has 4 nitrogen and oxygen atoms in total. The van der Waals surface area contributed by atoms with E-state index < -0.39 is 5.60 Å². The molecule has 1 aromatic carbocycles. The van der Waals surface area contributed by atoms with Crippen LogP contribution in [0.5, 0.6) is 0 Å². The van der Waals surface area contributed by atoms with Crippen LogP contribution in [0.1, 0.15) is 26.3 Å². The first-order valence-corrected chi connectivity index (χ1v) is 6.97. The summed E-state index contributed by atoms with van der Waals surface area (Å²) in [6, 6.07) is 5.04. The zero-order valence-corrected chi connectivity index (χ0v) is 13.5. The van der Waals surface area contributed by atoms with Gasteiger partial charge in [0.25, 0.3) is 0 Å². The van der Waals surface area contributed by atoms with Crippen molar-refractivity contribution in [3.8, 4) is 0 Å². The molecule has 1 rings (SSSR count). The highest BCUT2D eigenvalue weighted by Crippen LogP contribution is 2.20. The van der Waals surface area contributed by atoms with E-state index in [0.29, 0.717) is 17.3 Å². The number of benzene rings is 1. The third kappa shape index (κ3) is 5.12. The number of rotatable bonds is 5. The maximum Gasteiger partial charge on any atom is 0.241 e. The fourth-order valence-corrected chi connectivity index (χ4v) is 2.09. The quantitative estimate of drug-likeness (QED) is 0.879.